The van der Waals surface area contributed by atoms with E-state index >= 15 is 0 Å². The van der Waals surface area contributed by atoms with E-state index in [2.05, 4.69) is 4.98 Å². The van der Waals surface area contributed by atoms with Crippen molar-refractivity contribution in [2.24, 2.45) is 0 Å². The summed E-state index contributed by atoms with van der Waals surface area (Å²) in [4.78, 5) is 22.7. The predicted octanol–water partition coefficient (Wildman–Crippen LogP) is 4.97. The summed E-state index contributed by atoms with van der Waals surface area (Å²) in [5, 5.41) is 0. The maximum atomic E-state index is 13.6. The lowest BCUT2D eigenvalue weighted by Crippen LogP contribution is -2.36. The van der Waals surface area contributed by atoms with Crippen LogP contribution in [0.5, 0.6) is 0 Å². The molecule has 0 radical (unpaired) electrons. The molecule has 0 fully saturated rings. The maximum Gasteiger partial charge on any atom is 0.254 e. The number of hydrogen-bond acceptors (Lipinski definition) is 4. The van der Waals surface area contributed by atoms with Crippen LogP contribution in [0.2, 0.25) is 0 Å². The van der Waals surface area contributed by atoms with Gasteiger partial charge in [-0.25, -0.2) is 9.37 Å². The summed E-state index contributed by atoms with van der Waals surface area (Å²) in [5.41, 5.74) is 3.35. The smallest absolute Gasteiger partial charge is 0.254 e. The van der Waals surface area contributed by atoms with Crippen LogP contribution < -0.4 is 0 Å². The molecular weight excluding hydrogens is 435 g/mol. The maximum absolute atomic E-state index is 13.6. The Morgan fingerprint density at radius 2 is 1.85 bits per heavy atom. The Labute approximate surface area is 197 Å². The molecule has 4 rings (SSSR count). The van der Waals surface area contributed by atoms with E-state index in [0.717, 1.165) is 34.1 Å². The van der Waals surface area contributed by atoms with E-state index in [9.17, 15) is 9.18 Å². The number of fused-ring (bicyclic) bond motifs is 1. The number of carbonyl (C=O) groups is 1. The Morgan fingerprint density at radius 3 is 2.58 bits per heavy atom. The van der Waals surface area contributed by atoms with Gasteiger partial charge in [-0.1, -0.05) is 18.2 Å². The molecule has 0 N–H and O–H groups in total. The van der Waals surface area contributed by atoms with Crippen LogP contribution in [0.3, 0.4) is 0 Å². The van der Waals surface area contributed by atoms with Crippen LogP contribution in [0.25, 0.3) is 5.65 Å². The molecule has 4 aromatic rings. The molecule has 0 aliphatic heterocycles. The molecule has 7 heteroatoms. The summed E-state index contributed by atoms with van der Waals surface area (Å²) in [5.74, 6) is 0.404. The van der Waals surface area contributed by atoms with E-state index in [1.165, 1.54) is 12.1 Å². The van der Waals surface area contributed by atoms with Crippen LogP contribution in [-0.2, 0) is 12.3 Å². The molecule has 0 saturated carbocycles. The first kappa shape index (κ1) is 23.0. The van der Waals surface area contributed by atoms with Gasteiger partial charge >= 0.3 is 0 Å². The lowest BCUT2D eigenvalue weighted by molar-refractivity contribution is 0.0731. The zero-order valence-electron chi connectivity index (χ0n) is 18.8. The van der Waals surface area contributed by atoms with Crippen molar-refractivity contribution in [2.45, 2.75) is 17.2 Å². The first-order chi connectivity index (χ1) is 16.0. The average molecular weight is 463 g/mol. The van der Waals surface area contributed by atoms with Crippen molar-refractivity contribution >= 4 is 23.3 Å². The van der Waals surface area contributed by atoms with Gasteiger partial charge in [-0.3, -0.25) is 4.79 Å². The Hall–Kier alpha value is -3.16. The van der Waals surface area contributed by atoms with Crippen molar-refractivity contribution < 1.29 is 9.18 Å². The number of aromatic nitrogens is 2. The Morgan fingerprint density at radius 1 is 1.03 bits per heavy atom. The van der Waals surface area contributed by atoms with Gasteiger partial charge < -0.3 is 14.2 Å². The molecule has 0 bridgehead atoms. The number of nitrogens with zero attached hydrogens (tertiary/aromatic N) is 4. The molecule has 0 atom stereocenters. The number of thioether (sulfide) groups is 1. The Kier molecular flexibility index (Phi) is 7.42. The second-order valence-electron chi connectivity index (χ2n) is 8.17. The first-order valence-corrected chi connectivity index (χ1v) is 11.8. The van der Waals surface area contributed by atoms with Gasteiger partial charge in [0.15, 0.2) is 0 Å². The molecule has 0 spiro atoms. The SMILES string of the molecule is CN(C)CCN(Cc1cccc(F)c1)C(=O)c1ccc(SCc2cn3ccccc3n2)cc1. The number of pyridine rings is 1. The van der Waals surface area contributed by atoms with Crippen molar-refractivity contribution in [1.29, 1.82) is 0 Å². The van der Waals surface area contributed by atoms with Gasteiger partial charge in [0.05, 0.1) is 5.69 Å². The summed E-state index contributed by atoms with van der Waals surface area (Å²) in [6, 6.07) is 20.0. The lowest BCUT2D eigenvalue weighted by atomic mass is 10.1. The van der Waals surface area contributed by atoms with E-state index in [0.29, 0.717) is 18.7 Å². The third-order valence-corrected chi connectivity index (χ3v) is 6.31. The van der Waals surface area contributed by atoms with E-state index in [1.807, 2.05) is 84.3 Å². The van der Waals surface area contributed by atoms with Gasteiger partial charge in [-0.15, -0.1) is 11.8 Å². The first-order valence-electron chi connectivity index (χ1n) is 10.8. The topological polar surface area (TPSA) is 40.9 Å². The number of halogens is 1. The van der Waals surface area contributed by atoms with Crippen LogP contribution in [0, 0.1) is 5.82 Å². The third-order valence-electron chi connectivity index (χ3n) is 5.27. The second kappa shape index (κ2) is 10.6. The zero-order chi connectivity index (χ0) is 23.2. The Balaban J connectivity index is 1.42. The number of hydrogen-bond donors (Lipinski definition) is 0. The normalized spacial score (nSPS) is 11.3. The molecule has 33 heavy (non-hydrogen) atoms. The predicted molar refractivity (Wildman–Crippen MR) is 131 cm³/mol. The summed E-state index contributed by atoms with van der Waals surface area (Å²) in [6.07, 6.45) is 4.03. The largest absolute Gasteiger partial charge is 0.333 e. The highest BCUT2D eigenvalue weighted by Crippen LogP contribution is 2.23. The van der Waals surface area contributed by atoms with Gasteiger partial charge in [-0.05, 0) is 68.2 Å². The van der Waals surface area contributed by atoms with Crippen LogP contribution in [-0.4, -0.2) is 52.3 Å². The van der Waals surface area contributed by atoms with Crippen molar-refractivity contribution in [3.8, 4) is 0 Å². The van der Waals surface area contributed by atoms with Crippen LogP contribution in [0.15, 0.2) is 84.0 Å². The molecule has 2 heterocycles. The van der Waals surface area contributed by atoms with Crippen molar-refractivity contribution in [3.05, 3.63) is 102 Å². The molecule has 0 aliphatic rings. The van der Waals surface area contributed by atoms with Gasteiger partial charge in [-0.2, -0.15) is 0 Å². The molecule has 2 aromatic carbocycles. The van der Waals surface area contributed by atoms with Crippen molar-refractivity contribution in [2.75, 3.05) is 27.2 Å². The molecule has 0 aliphatic carbocycles. The summed E-state index contributed by atoms with van der Waals surface area (Å²) < 4.78 is 15.6. The number of benzene rings is 2. The minimum atomic E-state index is -0.292. The summed E-state index contributed by atoms with van der Waals surface area (Å²) in [6.45, 7) is 1.66. The number of likely N-dealkylation sites (N-methyl/N-ethyl adjacent to an activating group) is 1. The van der Waals surface area contributed by atoms with Gasteiger partial charge in [0.1, 0.15) is 11.5 Å². The highest BCUT2D eigenvalue weighted by molar-refractivity contribution is 7.98. The lowest BCUT2D eigenvalue weighted by Gasteiger charge is -2.25. The molecule has 170 valence electrons. The number of carbonyl (C=O) groups excluding carboxylic acids is 1. The van der Waals surface area contributed by atoms with Crippen LogP contribution in [0.4, 0.5) is 4.39 Å². The van der Waals surface area contributed by atoms with Crippen LogP contribution in [0.1, 0.15) is 21.6 Å². The van der Waals surface area contributed by atoms with Gasteiger partial charge in [0.2, 0.25) is 0 Å². The average Bonchev–Trinajstić information content (AvgIpc) is 3.23. The molecule has 0 saturated heterocycles. The monoisotopic (exact) mass is 462 g/mol. The van der Waals surface area contributed by atoms with Crippen molar-refractivity contribution in [3.63, 3.8) is 0 Å². The van der Waals surface area contributed by atoms with Crippen molar-refractivity contribution in [1.82, 2.24) is 19.2 Å². The number of amides is 1. The van der Waals surface area contributed by atoms with Gasteiger partial charge in [0, 0.05) is 48.2 Å². The quantitative estimate of drug-likeness (QED) is 0.329. The molecular formula is C26H27FN4OS. The number of rotatable bonds is 9. The molecule has 0 unspecified atom stereocenters. The summed E-state index contributed by atoms with van der Waals surface area (Å²) >= 11 is 1.69. The second-order valence-corrected chi connectivity index (χ2v) is 9.22. The third kappa shape index (κ3) is 6.21. The molecule has 2 aromatic heterocycles. The zero-order valence-corrected chi connectivity index (χ0v) is 19.6. The van der Waals surface area contributed by atoms with E-state index in [-0.39, 0.29) is 11.7 Å². The fourth-order valence-corrected chi connectivity index (χ4v) is 4.30. The minimum Gasteiger partial charge on any atom is -0.333 e. The minimum absolute atomic E-state index is 0.0574. The number of imidazole rings is 1. The van der Waals surface area contributed by atoms with Crippen LogP contribution >= 0.6 is 11.8 Å². The molecule has 5 nitrogen and oxygen atoms in total. The van der Waals surface area contributed by atoms with E-state index in [4.69, 9.17) is 0 Å². The van der Waals surface area contributed by atoms with E-state index in [1.54, 1.807) is 22.7 Å². The standard InChI is InChI=1S/C26H27FN4OS/c1-29(2)14-15-31(17-20-6-5-7-22(27)16-20)26(32)21-9-11-24(12-10-21)33-19-23-18-30-13-4-3-8-25(30)28-23/h3-13,16,18H,14-15,17,19H2,1-2H3. The fourth-order valence-electron chi connectivity index (χ4n) is 3.52. The highest BCUT2D eigenvalue weighted by Gasteiger charge is 2.17. The fraction of sp³-hybridized carbons (Fsp3) is 0.231. The summed E-state index contributed by atoms with van der Waals surface area (Å²) in [7, 11) is 3.94. The molecule has 1 amide bonds. The Bertz CT molecular complexity index is 1190. The highest BCUT2D eigenvalue weighted by atomic mass is 32.2. The van der Waals surface area contributed by atoms with Gasteiger partial charge in [0.25, 0.3) is 5.91 Å². The van der Waals surface area contributed by atoms with E-state index < -0.39 is 0 Å².